The third-order valence-corrected chi connectivity index (χ3v) is 6.53. The highest BCUT2D eigenvalue weighted by Crippen LogP contribution is 2.30. The van der Waals surface area contributed by atoms with Crippen LogP contribution in [0.5, 0.6) is 5.75 Å². The molecule has 0 saturated heterocycles. The quantitative estimate of drug-likeness (QED) is 0.535. The summed E-state index contributed by atoms with van der Waals surface area (Å²) >= 11 is 1.41. The molecule has 0 bridgehead atoms. The molecule has 7 nitrogen and oxygen atoms in total. The Labute approximate surface area is 166 Å². The van der Waals surface area contributed by atoms with Crippen LogP contribution in [0.1, 0.15) is 11.3 Å². The van der Waals surface area contributed by atoms with Gasteiger partial charge in [-0.05, 0) is 44.2 Å². The van der Waals surface area contributed by atoms with Crippen molar-refractivity contribution in [3.05, 3.63) is 59.8 Å². The average molecular weight is 415 g/mol. The lowest BCUT2D eigenvalue weighted by atomic mass is 10.2. The second kappa shape index (κ2) is 6.92. The van der Waals surface area contributed by atoms with Crippen molar-refractivity contribution < 1.29 is 13.2 Å². The number of anilines is 1. The van der Waals surface area contributed by atoms with Crippen molar-refractivity contribution in [2.24, 2.45) is 0 Å². The molecule has 0 unspecified atom stereocenters. The third-order valence-electron chi connectivity index (χ3n) is 4.17. The van der Waals surface area contributed by atoms with E-state index >= 15 is 0 Å². The van der Waals surface area contributed by atoms with Crippen LogP contribution in [0.15, 0.2) is 53.4 Å². The SMILES string of the molecule is COc1ccc2nc(-n3nc(C)cc3NS(=O)(=O)c3ccc(C)cc3)sc2c1. The first-order valence-corrected chi connectivity index (χ1v) is 10.8. The minimum Gasteiger partial charge on any atom is -0.497 e. The summed E-state index contributed by atoms with van der Waals surface area (Å²) in [5.74, 6) is 1.07. The third kappa shape index (κ3) is 3.46. The molecule has 0 fully saturated rings. The summed E-state index contributed by atoms with van der Waals surface area (Å²) in [7, 11) is -2.13. The molecule has 28 heavy (non-hydrogen) atoms. The molecule has 0 amide bonds. The minimum absolute atomic E-state index is 0.192. The molecule has 2 heterocycles. The largest absolute Gasteiger partial charge is 0.497 e. The highest BCUT2D eigenvalue weighted by atomic mass is 32.2. The van der Waals surface area contributed by atoms with E-state index in [4.69, 9.17) is 4.74 Å². The fourth-order valence-corrected chi connectivity index (χ4v) is 4.73. The van der Waals surface area contributed by atoms with Crippen molar-refractivity contribution in [2.75, 3.05) is 11.8 Å². The summed E-state index contributed by atoms with van der Waals surface area (Å²) in [4.78, 5) is 4.77. The van der Waals surface area contributed by atoms with Crippen molar-refractivity contribution in [1.82, 2.24) is 14.8 Å². The van der Waals surface area contributed by atoms with Gasteiger partial charge in [-0.15, -0.1) is 0 Å². The molecule has 144 valence electrons. The van der Waals surface area contributed by atoms with Crippen molar-refractivity contribution >= 4 is 37.4 Å². The van der Waals surface area contributed by atoms with Crippen LogP contribution in [0.3, 0.4) is 0 Å². The minimum atomic E-state index is -3.74. The number of benzene rings is 2. The van der Waals surface area contributed by atoms with Crippen LogP contribution >= 0.6 is 11.3 Å². The van der Waals surface area contributed by atoms with E-state index < -0.39 is 10.0 Å². The Balaban J connectivity index is 1.74. The predicted molar refractivity (Wildman–Crippen MR) is 110 cm³/mol. The van der Waals surface area contributed by atoms with Gasteiger partial charge in [0, 0.05) is 6.07 Å². The number of nitrogens with one attached hydrogen (secondary N) is 1. The number of methoxy groups -OCH3 is 1. The zero-order valence-electron chi connectivity index (χ0n) is 15.5. The number of hydrogen-bond acceptors (Lipinski definition) is 6. The number of sulfonamides is 1. The molecule has 0 aliphatic rings. The van der Waals surface area contributed by atoms with Crippen LogP contribution in [0.2, 0.25) is 0 Å². The van der Waals surface area contributed by atoms with Crippen molar-refractivity contribution in [3.8, 4) is 10.9 Å². The van der Waals surface area contributed by atoms with Gasteiger partial charge >= 0.3 is 0 Å². The van der Waals surface area contributed by atoms with E-state index in [-0.39, 0.29) is 4.90 Å². The molecule has 0 radical (unpaired) electrons. The van der Waals surface area contributed by atoms with Gasteiger partial charge in [-0.2, -0.15) is 9.78 Å². The fourth-order valence-electron chi connectivity index (χ4n) is 2.74. The molecule has 4 rings (SSSR count). The van der Waals surface area contributed by atoms with Gasteiger partial charge in [0.05, 0.1) is 27.9 Å². The molecule has 4 aromatic rings. The molecule has 0 saturated carbocycles. The molecule has 9 heteroatoms. The van der Waals surface area contributed by atoms with E-state index in [1.54, 1.807) is 44.4 Å². The van der Waals surface area contributed by atoms with E-state index in [2.05, 4.69) is 14.8 Å². The van der Waals surface area contributed by atoms with Gasteiger partial charge in [0.1, 0.15) is 11.6 Å². The number of thiazole rings is 1. The average Bonchev–Trinajstić information content (AvgIpc) is 3.23. The second-order valence-corrected chi connectivity index (χ2v) is 9.02. The van der Waals surface area contributed by atoms with Gasteiger partial charge in [0.15, 0.2) is 0 Å². The molecule has 2 aromatic heterocycles. The zero-order valence-corrected chi connectivity index (χ0v) is 17.1. The predicted octanol–water partition coefficient (Wildman–Crippen LogP) is 3.91. The van der Waals surface area contributed by atoms with Gasteiger partial charge in [0.25, 0.3) is 10.0 Å². The van der Waals surface area contributed by atoms with Gasteiger partial charge in [-0.25, -0.2) is 13.4 Å². The van der Waals surface area contributed by atoms with Crippen LogP contribution in [-0.4, -0.2) is 30.3 Å². The summed E-state index contributed by atoms with van der Waals surface area (Å²) in [5.41, 5.74) is 2.46. The van der Waals surface area contributed by atoms with E-state index in [9.17, 15) is 8.42 Å². The lowest BCUT2D eigenvalue weighted by Crippen LogP contribution is -2.15. The smallest absolute Gasteiger partial charge is 0.263 e. The Morgan fingerprint density at radius 2 is 1.82 bits per heavy atom. The van der Waals surface area contributed by atoms with E-state index in [1.807, 2.05) is 25.1 Å². The second-order valence-electron chi connectivity index (χ2n) is 6.33. The summed E-state index contributed by atoms with van der Waals surface area (Å²) in [6, 6.07) is 13.9. The summed E-state index contributed by atoms with van der Waals surface area (Å²) in [5, 5.41) is 4.98. The number of hydrogen-bond donors (Lipinski definition) is 1. The summed E-state index contributed by atoms with van der Waals surface area (Å²) in [6.07, 6.45) is 0. The molecular weight excluding hydrogens is 396 g/mol. The maximum Gasteiger partial charge on any atom is 0.263 e. The molecule has 1 N–H and O–H groups in total. The van der Waals surface area contributed by atoms with E-state index in [0.717, 1.165) is 21.5 Å². The van der Waals surface area contributed by atoms with Crippen LogP contribution in [0.4, 0.5) is 5.82 Å². The Hall–Kier alpha value is -2.91. The number of aromatic nitrogens is 3. The molecule has 0 spiro atoms. The van der Waals surface area contributed by atoms with Crippen molar-refractivity contribution in [3.63, 3.8) is 0 Å². The monoisotopic (exact) mass is 414 g/mol. The maximum atomic E-state index is 12.8. The molecule has 2 aromatic carbocycles. The Morgan fingerprint density at radius 3 is 2.54 bits per heavy atom. The number of ether oxygens (including phenoxy) is 1. The Kier molecular flexibility index (Phi) is 4.56. The van der Waals surface area contributed by atoms with E-state index in [1.165, 1.54) is 16.0 Å². The number of nitrogens with zero attached hydrogens (tertiary/aromatic N) is 3. The number of rotatable bonds is 5. The zero-order chi connectivity index (χ0) is 19.9. The molecule has 0 aliphatic carbocycles. The highest BCUT2D eigenvalue weighted by Gasteiger charge is 2.19. The van der Waals surface area contributed by atoms with Gasteiger partial charge in [-0.3, -0.25) is 4.72 Å². The van der Waals surface area contributed by atoms with Gasteiger partial charge in [0.2, 0.25) is 5.13 Å². The highest BCUT2D eigenvalue weighted by molar-refractivity contribution is 7.92. The number of fused-ring (bicyclic) bond motifs is 1. The van der Waals surface area contributed by atoms with Crippen molar-refractivity contribution in [2.45, 2.75) is 18.7 Å². The first-order valence-electron chi connectivity index (χ1n) is 8.47. The standard InChI is InChI=1S/C19H18N4O3S2/c1-12-4-7-15(8-5-12)28(24,25)22-18-10-13(2)21-23(18)19-20-16-9-6-14(26-3)11-17(16)27-19/h4-11,22H,1-3H3. The lowest BCUT2D eigenvalue weighted by molar-refractivity contribution is 0.415. The van der Waals surface area contributed by atoms with Crippen LogP contribution in [-0.2, 0) is 10.0 Å². The summed E-state index contributed by atoms with van der Waals surface area (Å²) < 4.78 is 35.9. The van der Waals surface area contributed by atoms with Gasteiger partial charge < -0.3 is 4.74 Å². The van der Waals surface area contributed by atoms with E-state index in [0.29, 0.717) is 16.6 Å². The maximum absolute atomic E-state index is 12.8. The van der Waals surface area contributed by atoms with Crippen LogP contribution in [0.25, 0.3) is 15.3 Å². The van der Waals surface area contributed by atoms with Crippen molar-refractivity contribution in [1.29, 1.82) is 0 Å². The van der Waals surface area contributed by atoms with Gasteiger partial charge in [-0.1, -0.05) is 29.0 Å². The molecular formula is C19H18N4O3S2. The fraction of sp³-hybridized carbons (Fsp3) is 0.158. The first kappa shape index (κ1) is 18.5. The lowest BCUT2D eigenvalue weighted by Gasteiger charge is -2.09. The topological polar surface area (TPSA) is 86.1 Å². The molecule has 0 aliphatic heterocycles. The molecule has 0 atom stereocenters. The van der Waals surface area contributed by atoms with Crippen LogP contribution < -0.4 is 9.46 Å². The Bertz CT molecular complexity index is 1260. The first-order chi connectivity index (χ1) is 13.4. The Morgan fingerprint density at radius 1 is 1.07 bits per heavy atom. The number of aryl methyl sites for hydroxylation is 2. The normalized spacial score (nSPS) is 11.7. The summed E-state index contributed by atoms with van der Waals surface area (Å²) in [6.45, 7) is 3.71. The van der Waals surface area contributed by atoms with Crippen LogP contribution in [0, 0.1) is 13.8 Å².